The highest BCUT2D eigenvalue weighted by Crippen LogP contribution is 2.23. The molecular formula is C13H15ClN2O2. The van der Waals surface area contributed by atoms with Gasteiger partial charge in [0, 0.05) is 25.6 Å². The van der Waals surface area contributed by atoms with Gasteiger partial charge in [-0.15, -0.1) is 0 Å². The molecule has 0 bridgehead atoms. The Labute approximate surface area is 110 Å². The number of rotatable bonds is 5. The van der Waals surface area contributed by atoms with Gasteiger partial charge in [-0.25, -0.2) is 0 Å². The number of fused-ring (bicyclic) bond motifs is 1. The molecule has 1 amide bonds. The van der Waals surface area contributed by atoms with Crippen LogP contribution in [0, 0.1) is 0 Å². The Bertz CT molecular complexity index is 551. The number of methoxy groups -OCH3 is 1. The number of ether oxygens (including phenoxy) is 1. The topological polar surface area (TPSA) is 54.1 Å². The molecule has 0 aliphatic rings. The van der Waals surface area contributed by atoms with Crippen LogP contribution in [0.15, 0.2) is 24.3 Å². The van der Waals surface area contributed by atoms with Crippen LogP contribution >= 0.6 is 11.6 Å². The van der Waals surface area contributed by atoms with E-state index in [0.717, 1.165) is 17.3 Å². The summed E-state index contributed by atoms with van der Waals surface area (Å²) in [7, 11) is 1.64. The van der Waals surface area contributed by atoms with Crippen LogP contribution in [0.2, 0.25) is 5.02 Å². The minimum Gasteiger partial charge on any atom is -0.385 e. The fourth-order valence-corrected chi connectivity index (χ4v) is 1.98. The van der Waals surface area contributed by atoms with Gasteiger partial charge in [-0.2, -0.15) is 0 Å². The van der Waals surface area contributed by atoms with Crippen molar-refractivity contribution in [3.63, 3.8) is 0 Å². The molecule has 0 aliphatic carbocycles. The fourth-order valence-electron chi connectivity index (χ4n) is 1.76. The van der Waals surface area contributed by atoms with Crippen molar-refractivity contribution < 1.29 is 9.53 Å². The van der Waals surface area contributed by atoms with E-state index in [1.807, 2.05) is 12.1 Å². The van der Waals surface area contributed by atoms with Crippen LogP contribution < -0.4 is 5.32 Å². The van der Waals surface area contributed by atoms with Crippen LogP contribution in [-0.4, -0.2) is 31.2 Å². The second kappa shape index (κ2) is 5.89. The summed E-state index contributed by atoms with van der Waals surface area (Å²) < 4.78 is 4.92. The summed E-state index contributed by atoms with van der Waals surface area (Å²) in [5.74, 6) is -0.127. The maximum absolute atomic E-state index is 11.9. The normalized spacial score (nSPS) is 10.8. The highest BCUT2D eigenvalue weighted by Gasteiger charge is 2.10. The molecule has 1 heterocycles. The molecule has 4 nitrogen and oxygen atoms in total. The van der Waals surface area contributed by atoms with Gasteiger partial charge in [-0.1, -0.05) is 23.7 Å². The Kier molecular flexibility index (Phi) is 4.23. The number of carbonyl (C=O) groups is 1. The fraction of sp³-hybridized carbons (Fsp3) is 0.308. The predicted octanol–water partition coefficient (Wildman–Crippen LogP) is 2.59. The van der Waals surface area contributed by atoms with E-state index in [1.54, 1.807) is 19.2 Å². The maximum atomic E-state index is 11.9. The second-order valence-electron chi connectivity index (χ2n) is 3.99. The SMILES string of the molecule is COCCCNC(=O)c1cc2cccc(Cl)c2[nH]1. The van der Waals surface area contributed by atoms with E-state index in [9.17, 15) is 4.79 Å². The van der Waals surface area contributed by atoms with E-state index in [0.29, 0.717) is 23.9 Å². The highest BCUT2D eigenvalue weighted by atomic mass is 35.5. The number of nitrogens with one attached hydrogen (secondary N) is 2. The van der Waals surface area contributed by atoms with Crippen molar-refractivity contribution in [3.8, 4) is 0 Å². The summed E-state index contributed by atoms with van der Waals surface area (Å²) in [6.07, 6.45) is 0.795. The van der Waals surface area contributed by atoms with E-state index in [1.165, 1.54) is 0 Å². The number of H-pyrrole nitrogens is 1. The smallest absolute Gasteiger partial charge is 0.267 e. The summed E-state index contributed by atoms with van der Waals surface area (Å²) in [5.41, 5.74) is 1.32. The molecule has 2 rings (SSSR count). The number of para-hydroxylation sites is 1. The Morgan fingerprint density at radius 3 is 3.06 bits per heavy atom. The number of halogens is 1. The van der Waals surface area contributed by atoms with Gasteiger partial charge in [0.25, 0.3) is 5.91 Å². The minimum atomic E-state index is -0.127. The van der Waals surface area contributed by atoms with Gasteiger partial charge in [0.05, 0.1) is 10.5 Å². The lowest BCUT2D eigenvalue weighted by Gasteiger charge is -2.02. The largest absolute Gasteiger partial charge is 0.385 e. The first-order valence-corrected chi connectivity index (χ1v) is 6.14. The molecule has 2 N–H and O–H groups in total. The Morgan fingerprint density at radius 2 is 2.33 bits per heavy atom. The molecule has 0 unspecified atom stereocenters. The molecule has 0 atom stereocenters. The summed E-state index contributed by atoms with van der Waals surface area (Å²) in [6.45, 7) is 1.23. The van der Waals surface area contributed by atoms with Gasteiger partial charge >= 0.3 is 0 Å². The first-order valence-electron chi connectivity index (χ1n) is 5.76. The Balaban J connectivity index is 2.06. The van der Waals surface area contributed by atoms with Crippen molar-refractivity contribution in [2.75, 3.05) is 20.3 Å². The zero-order chi connectivity index (χ0) is 13.0. The van der Waals surface area contributed by atoms with Crippen LogP contribution in [-0.2, 0) is 4.74 Å². The third-order valence-corrected chi connectivity index (χ3v) is 2.98. The highest BCUT2D eigenvalue weighted by molar-refractivity contribution is 6.35. The zero-order valence-corrected chi connectivity index (χ0v) is 10.9. The number of hydrogen-bond acceptors (Lipinski definition) is 2. The maximum Gasteiger partial charge on any atom is 0.267 e. The van der Waals surface area contributed by atoms with Crippen molar-refractivity contribution in [2.24, 2.45) is 0 Å². The molecule has 0 aliphatic heterocycles. The van der Waals surface area contributed by atoms with Gasteiger partial charge < -0.3 is 15.0 Å². The molecule has 18 heavy (non-hydrogen) atoms. The van der Waals surface area contributed by atoms with Crippen LogP contribution in [0.3, 0.4) is 0 Å². The van der Waals surface area contributed by atoms with Crippen molar-refractivity contribution >= 4 is 28.4 Å². The van der Waals surface area contributed by atoms with Crippen LogP contribution in [0.4, 0.5) is 0 Å². The van der Waals surface area contributed by atoms with Gasteiger partial charge in [0.1, 0.15) is 5.69 Å². The van der Waals surface area contributed by atoms with Crippen molar-refractivity contribution in [1.82, 2.24) is 10.3 Å². The van der Waals surface area contributed by atoms with Gasteiger partial charge in [-0.05, 0) is 18.6 Å². The van der Waals surface area contributed by atoms with E-state index < -0.39 is 0 Å². The molecule has 2 aromatic rings. The summed E-state index contributed by atoms with van der Waals surface area (Å²) >= 11 is 6.04. The number of amides is 1. The average Bonchev–Trinajstić information content (AvgIpc) is 2.80. The molecule has 0 saturated carbocycles. The lowest BCUT2D eigenvalue weighted by Crippen LogP contribution is -2.25. The monoisotopic (exact) mass is 266 g/mol. The molecule has 96 valence electrons. The van der Waals surface area contributed by atoms with E-state index in [2.05, 4.69) is 10.3 Å². The first-order chi connectivity index (χ1) is 8.72. The van der Waals surface area contributed by atoms with E-state index in [-0.39, 0.29) is 5.91 Å². The van der Waals surface area contributed by atoms with Crippen LogP contribution in [0.1, 0.15) is 16.9 Å². The lowest BCUT2D eigenvalue weighted by atomic mass is 10.2. The zero-order valence-electron chi connectivity index (χ0n) is 10.1. The lowest BCUT2D eigenvalue weighted by molar-refractivity contribution is 0.0944. The summed E-state index contributed by atoms with van der Waals surface area (Å²) in [6, 6.07) is 7.37. The summed E-state index contributed by atoms with van der Waals surface area (Å²) in [4.78, 5) is 14.9. The molecule has 5 heteroatoms. The number of hydrogen-bond donors (Lipinski definition) is 2. The van der Waals surface area contributed by atoms with Gasteiger partial charge in [0.15, 0.2) is 0 Å². The van der Waals surface area contributed by atoms with Crippen molar-refractivity contribution in [1.29, 1.82) is 0 Å². The number of benzene rings is 1. The molecule has 1 aromatic carbocycles. The van der Waals surface area contributed by atoms with Crippen molar-refractivity contribution in [2.45, 2.75) is 6.42 Å². The quantitative estimate of drug-likeness (QED) is 0.818. The minimum absolute atomic E-state index is 0.127. The summed E-state index contributed by atoms with van der Waals surface area (Å²) in [5, 5.41) is 4.37. The standard InChI is InChI=1S/C13H15ClN2O2/c1-18-7-3-6-15-13(17)11-8-9-4-2-5-10(14)12(9)16-11/h2,4-5,8,16H,3,6-7H2,1H3,(H,15,17). The average molecular weight is 267 g/mol. The Hall–Kier alpha value is -1.52. The van der Waals surface area contributed by atoms with Gasteiger partial charge in [0.2, 0.25) is 0 Å². The number of aromatic nitrogens is 1. The third kappa shape index (κ3) is 2.83. The Morgan fingerprint density at radius 1 is 1.50 bits per heavy atom. The van der Waals surface area contributed by atoms with Crippen LogP contribution in [0.25, 0.3) is 10.9 Å². The second-order valence-corrected chi connectivity index (χ2v) is 4.40. The predicted molar refractivity (Wildman–Crippen MR) is 72.1 cm³/mol. The molecule has 0 fully saturated rings. The molecule has 1 aromatic heterocycles. The van der Waals surface area contributed by atoms with E-state index >= 15 is 0 Å². The number of carbonyl (C=O) groups excluding carboxylic acids is 1. The molecule has 0 spiro atoms. The number of aromatic amines is 1. The molecule has 0 saturated heterocycles. The van der Waals surface area contributed by atoms with Crippen LogP contribution in [0.5, 0.6) is 0 Å². The third-order valence-electron chi connectivity index (χ3n) is 2.66. The molecule has 0 radical (unpaired) electrons. The first kappa shape index (κ1) is 12.9. The van der Waals surface area contributed by atoms with Crippen molar-refractivity contribution in [3.05, 3.63) is 35.0 Å². The molecular weight excluding hydrogens is 252 g/mol. The van der Waals surface area contributed by atoms with Gasteiger partial charge in [-0.3, -0.25) is 4.79 Å². The van der Waals surface area contributed by atoms with E-state index in [4.69, 9.17) is 16.3 Å².